The summed E-state index contributed by atoms with van der Waals surface area (Å²) in [6, 6.07) is 9.27. The van der Waals surface area contributed by atoms with Crippen LogP contribution in [0, 0.1) is 6.92 Å². The van der Waals surface area contributed by atoms with Crippen molar-refractivity contribution in [3.05, 3.63) is 64.5 Å². The van der Waals surface area contributed by atoms with Crippen LogP contribution in [0.1, 0.15) is 53.8 Å². The molecule has 3 nitrogen and oxygen atoms in total. The number of carbonyl (C=O) groups is 1. The number of likely N-dealkylation sites (tertiary alicyclic amines) is 1. The van der Waals surface area contributed by atoms with E-state index in [2.05, 4.69) is 4.98 Å². The van der Waals surface area contributed by atoms with Gasteiger partial charge < -0.3 is 4.90 Å². The number of pyridine rings is 1. The van der Waals surface area contributed by atoms with Gasteiger partial charge in [-0.3, -0.25) is 9.78 Å². The maximum absolute atomic E-state index is 12.7. The minimum Gasteiger partial charge on any atom is -0.342 e. The fraction of sp³-hybridized carbons (Fsp3) is 0.429. The number of carbonyl (C=O) groups excluding carboxylic acids is 1. The second-order valence-corrected chi connectivity index (χ2v) is 7.09. The molecule has 1 atom stereocenters. The van der Waals surface area contributed by atoms with E-state index in [-0.39, 0.29) is 11.8 Å². The molecule has 1 aliphatic rings. The summed E-state index contributed by atoms with van der Waals surface area (Å²) in [4.78, 5) is 18.4. The summed E-state index contributed by atoms with van der Waals surface area (Å²) in [6.45, 7) is 5.22. The Hall–Kier alpha value is -2.37. The zero-order valence-corrected chi connectivity index (χ0v) is 15.5. The molecule has 27 heavy (non-hydrogen) atoms. The summed E-state index contributed by atoms with van der Waals surface area (Å²) in [6.07, 6.45) is -2.36. The van der Waals surface area contributed by atoms with Crippen molar-refractivity contribution in [3.8, 4) is 0 Å². The highest BCUT2D eigenvalue weighted by molar-refractivity contribution is 5.76. The third-order valence-corrected chi connectivity index (χ3v) is 4.98. The van der Waals surface area contributed by atoms with Crippen molar-refractivity contribution in [2.24, 2.45) is 0 Å². The Morgan fingerprint density at radius 3 is 2.52 bits per heavy atom. The Labute approximate surface area is 157 Å². The monoisotopic (exact) mass is 376 g/mol. The predicted octanol–water partition coefficient (Wildman–Crippen LogP) is 4.73. The van der Waals surface area contributed by atoms with Crippen molar-refractivity contribution in [1.82, 2.24) is 9.88 Å². The molecule has 0 aliphatic carbocycles. The van der Waals surface area contributed by atoms with Gasteiger partial charge >= 0.3 is 6.18 Å². The van der Waals surface area contributed by atoms with Crippen molar-refractivity contribution >= 4 is 5.91 Å². The highest BCUT2D eigenvalue weighted by atomic mass is 19.4. The lowest BCUT2D eigenvalue weighted by atomic mass is 9.98. The van der Waals surface area contributed by atoms with Gasteiger partial charge in [-0.2, -0.15) is 13.2 Å². The van der Waals surface area contributed by atoms with Crippen LogP contribution < -0.4 is 0 Å². The molecule has 1 amide bonds. The quantitative estimate of drug-likeness (QED) is 0.773. The summed E-state index contributed by atoms with van der Waals surface area (Å²) in [5, 5.41) is 0. The first kappa shape index (κ1) is 19.4. The minimum absolute atomic E-state index is 0.162. The van der Waals surface area contributed by atoms with Crippen molar-refractivity contribution in [3.63, 3.8) is 0 Å². The molecular weight excluding hydrogens is 353 g/mol. The van der Waals surface area contributed by atoms with Crippen LogP contribution in [0.2, 0.25) is 0 Å². The number of aryl methyl sites for hydroxylation is 1. The number of amides is 1. The van der Waals surface area contributed by atoms with E-state index in [1.165, 1.54) is 12.1 Å². The van der Waals surface area contributed by atoms with E-state index in [0.29, 0.717) is 19.4 Å². The molecule has 0 unspecified atom stereocenters. The molecule has 1 saturated heterocycles. The molecular formula is C21H23F3N2O. The van der Waals surface area contributed by atoms with Crippen molar-refractivity contribution < 1.29 is 18.0 Å². The summed E-state index contributed by atoms with van der Waals surface area (Å²) in [5.74, 6) is 0.377. The molecule has 0 N–H and O–H groups in total. The van der Waals surface area contributed by atoms with E-state index < -0.39 is 11.7 Å². The molecule has 2 heterocycles. The molecule has 0 spiro atoms. The molecule has 1 aromatic carbocycles. The zero-order valence-electron chi connectivity index (χ0n) is 15.5. The van der Waals surface area contributed by atoms with E-state index in [4.69, 9.17) is 0 Å². The standard InChI is InChI=1S/C21H23F3N2O/c1-3-20(27)26-9-8-17(13-26)19-12-16(10-14(2)25-19)11-15-4-6-18(7-5-15)21(22,23)24/h4-7,10,12,17H,3,8-9,11,13H2,1-2H3/t17-/m0/s1. The molecule has 6 heteroatoms. The van der Waals surface area contributed by atoms with Crippen LogP contribution in [-0.2, 0) is 17.4 Å². The third kappa shape index (κ3) is 4.67. The Balaban J connectivity index is 1.75. The van der Waals surface area contributed by atoms with E-state index in [9.17, 15) is 18.0 Å². The maximum atomic E-state index is 12.7. The van der Waals surface area contributed by atoms with Gasteiger partial charge in [-0.1, -0.05) is 19.1 Å². The number of aromatic nitrogens is 1. The highest BCUT2D eigenvalue weighted by Crippen LogP contribution is 2.30. The average Bonchev–Trinajstić information content (AvgIpc) is 3.10. The van der Waals surface area contributed by atoms with Crippen LogP contribution in [0.15, 0.2) is 36.4 Å². The largest absolute Gasteiger partial charge is 0.416 e. The van der Waals surface area contributed by atoms with E-state index in [1.807, 2.05) is 30.9 Å². The van der Waals surface area contributed by atoms with Gasteiger partial charge in [-0.25, -0.2) is 0 Å². The molecule has 1 aromatic heterocycles. The summed E-state index contributed by atoms with van der Waals surface area (Å²) < 4.78 is 38.1. The van der Waals surface area contributed by atoms with Crippen molar-refractivity contribution in [1.29, 1.82) is 0 Å². The molecule has 1 aliphatic heterocycles. The minimum atomic E-state index is -4.32. The van der Waals surface area contributed by atoms with Gasteiger partial charge in [-0.15, -0.1) is 0 Å². The first-order chi connectivity index (χ1) is 12.8. The normalized spacial score (nSPS) is 17.4. The van der Waals surface area contributed by atoms with Gasteiger partial charge in [0.25, 0.3) is 0 Å². The number of hydrogen-bond donors (Lipinski definition) is 0. The van der Waals surface area contributed by atoms with Crippen LogP contribution >= 0.6 is 0 Å². The number of halogens is 3. The smallest absolute Gasteiger partial charge is 0.342 e. The second kappa shape index (κ2) is 7.71. The van der Waals surface area contributed by atoms with Gasteiger partial charge in [0.05, 0.1) is 5.56 Å². The van der Waals surface area contributed by atoms with Gasteiger partial charge in [0, 0.05) is 36.8 Å². The second-order valence-electron chi connectivity index (χ2n) is 7.09. The highest BCUT2D eigenvalue weighted by Gasteiger charge is 2.30. The third-order valence-electron chi connectivity index (χ3n) is 4.98. The SMILES string of the molecule is CCC(=O)N1CC[C@H](c2cc(Cc3ccc(C(F)(F)F)cc3)cc(C)n2)C1. The number of rotatable bonds is 4. The zero-order chi connectivity index (χ0) is 19.6. The molecule has 0 saturated carbocycles. The molecule has 0 bridgehead atoms. The molecule has 3 rings (SSSR count). The molecule has 144 valence electrons. The molecule has 0 radical (unpaired) electrons. The van der Waals surface area contributed by atoms with E-state index in [1.54, 1.807) is 0 Å². The fourth-order valence-corrected chi connectivity index (χ4v) is 3.58. The van der Waals surface area contributed by atoms with E-state index >= 15 is 0 Å². The Morgan fingerprint density at radius 2 is 1.89 bits per heavy atom. The van der Waals surface area contributed by atoms with Crippen LogP contribution in [-0.4, -0.2) is 28.9 Å². The Kier molecular flexibility index (Phi) is 5.53. The van der Waals surface area contributed by atoms with Crippen molar-refractivity contribution in [2.45, 2.75) is 45.2 Å². The number of alkyl halides is 3. The predicted molar refractivity (Wildman–Crippen MR) is 97.5 cm³/mol. The summed E-state index contributed by atoms with van der Waals surface area (Å²) >= 11 is 0. The summed E-state index contributed by atoms with van der Waals surface area (Å²) in [7, 11) is 0. The lowest BCUT2D eigenvalue weighted by Crippen LogP contribution is -2.27. The first-order valence-electron chi connectivity index (χ1n) is 9.17. The molecule has 1 fully saturated rings. The Morgan fingerprint density at radius 1 is 1.19 bits per heavy atom. The first-order valence-corrected chi connectivity index (χ1v) is 9.17. The lowest BCUT2D eigenvalue weighted by molar-refractivity contribution is -0.137. The fourth-order valence-electron chi connectivity index (χ4n) is 3.58. The molecule has 2 aromatic rings. The van der Waals surface area contributed by atoms with Gasteiger partial charge in [0.2, 0.25) is 5.91 Å². The van der Waals surface area contributed by atoms with Crippen LogP contribution in [0.25, 0.3) is 0 Å². The summed E-state index contributed by atoms with van der Waals surface area (Å²) in [5.41, 5.74) is 3.06. The van der Waals surface area contributed by atoms with Crippen LogP contribution in [0.4, 0.5) is 13.2 Å². The van der Waals surface area contributed by atoms with Gasteiger partial charge in [0.15, 0.2) is 0 Å². The van der Waals surface area contributed by atoms with Gasteiger partial charge in [0.1, 0.15) is 0 Å². The van der Waals surface area contributed by atoms with Crippen LogP contribution in [0.3, 0.4) is 0 Å². The number of nitrogens with zero attached hydrogens (tertiary/aromatic N) is 2. The lowest BCUT2D eigenvalue weighted by Gasteiger charge is -2.16. The number of benzene rings is 1. The average molecular weight is 376 g/mol. The van der Waals surface area contributed by atoms with E-state index in [0.717, 1.165) is 47.6 Å². The van der Waals surface area contributed by atoms with Crippen molar-refractivity contribution in [2.75, 3.05) is 13.1 Å². The topological polar surface area (TPSA) is 33.2 Å². The van der Waals surface area contributed by atoms with Gasteiger partial charge in [-0.05, 0) is 55.2 Å². The number of hydrogen-bond acceptors (Lipinski definition) is 2. The Bertz CT molecular complexity index is 815. The maximum Gasteiger partial charge on any atom is 0.416 e. The van der Waals surface area contributed by atoms with Crippen LogP contribution in [0.5, 0.6) is 0 Å².